The molecule has 0 saturated carbocycles. The first kappa shape index (κ1) is 20.3. The van der Waals surface area contributed by atoms with Crippen LogP contribution in [-0.4, -0.2) is 38.1 Å². The number of ether oxygens (including phenoxy) is 3. The number of hydrogen-bond acceptors (Lipinski definition) is 4. The Balaban J connectivity index is 1.46. The van der Waals surface area contributed by atoms with E-state index in [0.29, 0.717) is 25.3 Å². The minimum Gasteiger partial charge on any atom is -0.497 e. The molecule has 0 bridgehead atoms. The van der Waals surface area contributed by atoms with Crippen LogP contribution in [0.5, 0.6) is 17.2 Å². The average Bonchev–Trinajstić information content (AvgIpc) is 2.78. The van der Waals surface area contributed by atoms with Crippen molar-refractivity contribution in [2.75, 3.05) is 27.3 Å². The van der Waals surface area contributed by atoms with Crippen molar-refractivity contribution in [3.8, 4) is 17.2 Å². The molecular weight excluding hydrogens is 366 g/mol. The molecule has 0 unspecified atom stereocenters. The van der Waals surface area contributed by atoms with Gasteiger partial charge in [0.1, 0.15) is 30.5 Å². The van der Waals surface area contributed by atoms with E-state index in [1.54, 1.807) is 31.2 Å². The highest BCUT2D eigenvalue weighted by Gasteiger charge is 2.12. The summed E-state index contributed by atoms with van der Waals surface area (Å²) in [5, 5.41) is 0. The lowest BCUT2D eigenvalue weighted by molar-refractivity contribution is 0.0773. The maximum Gasteiger partial charge on any atom is 0.253 e. The molecule has 5 heteroatoms. The van der Waals surface area contributed by atoms with Crippen molar-refractivity contribution >= 4 is 5.91 Å². The van der Waals surface area contributed by atoms with E-state index in [-0.39, 0.29) is 5.91 Å². The maximum atomic E-state index is 12.6. The van der Waals surface area contributed by atoms with E-state index in [0.717, 1.165) is 22.8 Å². The first-order chi connectivity index (χ1) is 14.2. The molecule has 0 aliphatic heterocycles. The first-order valence-corrected chi connectivity index (χ1v) is 9.45. The van der Waals surface area contributed by atoms with Gasteiger partial charge in [-0.05, 0) is 54.1 Å². The molecule has 1 amide bonds. The number of likely N-dealkylation sites (N-methyl/N-ethyl adjacent to an activating group) is 1. The van der Waals surface area contributed by atoms with E-state index >= 15 is 0 Å². The van der Waals surface area contributed by atoms with Crippen LogP contribution >= 0.6 is 0 Å². The van der Waals surface area contributed by atoms with Gasteiger partial charge < -0.3 is 19.1 Å². The van der Waals surface area contributed by atoms with Crippen molar-refractivity contribution in [3.05, 3.63) is 90.0 Å². The summed E-state index contributed by atoms with van der Waals surface area (Å²) in [6.45, 7) is 1.39. The Kier molecular flexibility index (Phi) is 7.11. The average molecular weight is 391 g/mol. The molecule has 0 saturated heterocycles. The van der Waals surface area contributed by atoms with Gasteiger partial charge in [0, 0.05) is 12.6 Å². The zero-order chi connectivity index (χ0) is 20.5. The molecule has 5 nitrogen and oxygen atoms in total. The lowest BCUT2D eigenvalue weighted by Crippen LogP contribution is -2.30. The molecule has 29 heavy (non-hydrogen) atoms. The number of nitrogens with zero attached hydrogens (tertiary/aromatic N) is 1. The van der Waals surface area contributed by atoms with Crippen LogP contribution in [-0.2, 0) is 6.61 Å². The second-order valence-electron chi connectivity index (χ2n) is 6.55. The number of benzene rings is 3. The molecule has 0 fully saturated rings. The van der Waals surface area contributed by atoms with E-state index in [1.165, 1.54) is 0 Å². The van der Waals surface area contributed by atoms with Gasteiger partial charge in [-0.2, -0.15) is 0 Å². The van der Waals surface area contributed by atoms with Gasteiger partial charge in [-0.3, -0.25) is 4.79 Å². The zero-order valence-electron chi connectivity index (χ0n) is 16.7. The van der Waals surface area contributed by atoms with E-state index in [2.05, 4.69) is 0 Å². The fourth-order valence-electron chi connectivity index (χ4n) is 2.73. The normalized spacial score (nSPS) is 10.3. The summed E-state index contributed by atoms with van der Waals surface area (Å²) in [5.74, 6) is 2.20. The quantitative estimate of drug-likeness (QED) is 0.542. The minimum atomic E-state index is -0.0575. The van der Waals surface area contributed by atoms with E-state index in [4.69, 9.17) is 14.2 Å². The van der Waals surface area contributed by atoms with Gasteiger partial charge in [0.15, 0.2) is 0 Å². The summed E-state index contributed by atoms with van der Waals surface area (Å²) in [7, 11) is 3.39. The molecule has 3 aromatic carbocycles. The van der Waals surface area contributed by atoms with Crippen LogP contribution < -0.4 is 14.2 Å². The van der Waals surface area contributed by atoms with Crippen LogP contribution in [0.4, 0.5) is 0 Å². The lowest BCUT2D eigenvalue weighted by Gasteiger charge is -2.18. The Hall–Kier alpha value is -3.47. The summed E-state index contributed by atoms with van der Waals surface area (Å²) in [6, 6.07) is 24.5. The van der Waals surface area contributed by atoms with Crippen LogP contribution in [0.3, 0.4) is 0 Å². The molecule has 150 valence electrons. The molecule has 0 aliphatic carbocycles. The Morgan fingerprint density at radius 2 is 1.38 bits per heavy atom. The van der Waals surface area contributed by atoms with Crippen LogP contribution in [0.2, 0.25) is 0 Å². The van der Waals surface area contributed by atoms with Crippen molar-refractivity contribution < 1.29 is 19.0 Å². The SMILES string of the molecule is COc1ccc(OCCN(C)C(=O)c2ccc(OCc3ccccc3)cc2)cc1. The molecule has 0 heterocycles. The minimum absolute atomic E-state index is 0.0575. The largest absolute Gasteiger partial charge is 0.497 e. The third kappa shape index (κ3) is 6.01. The second-order valence-corrected chi connectivity index (χ2v) is 6.55. The fourth-order valence-corrected chi connectivity index (χ4v) is 2.73. The van der Waals surface area contributed by atoms with Gasteiger partial charge in [-0.25, -0.2) is 0 Å². The topological polar surface area (TPSA) is 48.0 Å². The predicted octanol–water partition coefficient (Wildman–Crippen LogP) is 4.43. The number of carbonyl (C=O) groups is 1. The van der Waals surface area contributed by atoms with E-state index in [1.807, 2.05) is 66.7 Å². The summed E-state index contributed by atoms with van der Waals surface area (Å²) in [4.78, 5) is 14.2. The molecule has 0 radical (unpaired) electrons. The number of amides is 1. The highest BCUT2D eigenvalue weighted by atomic mass is 16.5. The number of methoxy groups -OCH3 is 1. The van der Waals surface area contributed by atoms with E-state index < -0.39 is 0 Å². The highest BCUT2D eigenvalue weighted by Crippen LogP contribution is 2.17. The molecule has 3 rings (SSSR count). The lowest BCUT2D eigenvalue weighted by atomic mass is 10.2. The van der Waals surface area contributed by atoms with Crippen molar-refractivity contribution in [3.63, 3.8) is 0 Å². The van der Waals surface area contributed by atoms with Crippen molar-refractivity contribution in [1.29, 1.82) is 0 Å². The standard InChI is InChI=1S/C24H25NO4/c1-25(16-17-28-22-14-12-21(27-2)13-15-22)24(26)20-8-10-23(11-9-20)29-18-19-6-4-3-5-7-19/h3-15H,16-18H2,1-2H3. The van der Waals surface area contributed by atoms with E-state index in [9.17, 15) is 4.79 Å². The molecule has 0 aliphatic rings. The monoisotopic (exact) mass is 391 g/mol. The second kappa shape index (κ2) is 10.2. The Bertz CT molecular complexity index is 892. The molecule has 0 aromatic heterocycles. The summed E-state index contributed by atoms with van der Waals surface area (Å²) >= 11 is 0. The Morgan fingerprint density at radius 3 is 2.03 bits per heavy atom. The Labute approximate surface area is 171 Å². The summed E-state index contributed by atoms with van der Waals surface area (Å²) in [5.41, 5.74) is 1.72. The zero-order valence-corrected chi connectivity index (χ0v) is 16.7. The van der Waals surface area contributed by atoms with Gasteiger partial charge in [0.2, 0.25) is 0 Å². The molecule has 0 spiro atoms. The smallest absolute Gasteiger partial charge is 0.253 e. The van der Waals surface area contributed by atoms with Crippen LogP contribution in [0.15, 0.2) is 78.9 Å². The summed E-state index contributed by atoms with van der Waals surface area (Å²) < 4.78 is 16.6. The van der Waals surface area contributed by atoms with Crippen LogP contribution in [0.25, 0.3) is 0 Å². The van der Waals surface area contributed by atoms with Crippen molar-refractivity contribution in [1.82, 2.24) is 4.90 Å². The summed E-state index contributed by atoms with van der Waals surface area (Å²) in [6.07, 6.45) is 0. The van der Waals surface area contributed by atoms with Gasteiger partial charge in [0.05, 0.1) is 13.7 Å². The number of hydrogen-bond donors (Lipinski definition) is 0. The van der Waals surface area contributed by atoms with Crippen molar-refractivity contribution in [2.45, 2.75) is 6.61 Å². The van der Waals surface area contributed by atoms with Gasteiger partial charge in [0.25, 0.3) is 5.91 Å². The highest BCUT2D eigenvalue weighted by molar-refractivity contribution is 5.94. The molecule has 0 atom stereocenters. The van der Waals surface area contributed by atoms with Gasteiger partial charge in [-0.15, -0.1) is 0 Å². The first-order valence-electron chi connectivity index (χ1n) is 9.45. The third-order valence-electron chi connectivity index (χ3n) is 4.45. The number of rotatable bonds is 9. The number of carbonyl (C=O) groups excluding carboxylic acids is 1. The maximum absolute atomic E-state index is 12.6. The van der Waals surface area contributed by atoms with Crippen LogP contribution in [0, 0.1) is 0 Å². The van der Waals surface area contributed by atoms with Gasteiger partial charge >= 0.3 is 0 Å². The van der Waals surface area contributed by atoms with Gasteiger partial charge in [-0.1, -0.05) is 30.3 Å². The fraction of sp³-hybridized carbons (Fsp3) is 0.208. The van der Waals surface area contributed by atoms with Crippen LogP contribution in [0.1, 0.15) is 15.9 Å². The molecular formula is C24H25NO4. The third-order valence-corrected chi connectivity index (χ3v) is 4.45. The predicted molar refractivity (Wildman–Crippen MR) is 113 cm³/mol. The van der Waals surface area contributed by atoms with Crippen molar-refractivity contribution in [2.24, 2.45) is 0 Å². The molecule has 0 N–H and O–H groups in total. The Morgan fingerprint density at radius 1 is 0.793 bits per heavy atom. The molecule has 3 aromatic rings.